The summed E-state index contributed by atoms with van der Waals surface area (Å²) in [6, 6.07) is 0.301. The molecular formula is C60H73N17O21. The zero-order valence-electron chi connectivity index (χ0n) is 53.7. The lowest BCUT2D eigenvalue weighted by Gasteiger charge is -2.25. The van der Waals surface area contributed by atoms with E-state index in [2.05, 4.69) is 41.4 Å². The number of aliphatic carboxylic acids is 5. The number of ether oxygens (including phenoxy) is 2. The number of methoxy groups -OCH3 is 1. The predicted molar refractivity (Wildman–Crippen MR) is 339 cm³/mol. The third kappa shape index (κ3) is 19.9. The molecule has 6 rings (SSSR count). The summed E-state index contributed by atoms with van der Waals surface area (Å²) in [6.45, 7) is 8.24. The molecule has 0 radical (unpaired) electrons. The number of imidazole rings is 2. The molecule has 5 atom stereocenters. The highest BCUT2D eigenvalue weighted by atomic mass is 16.5. The van der Waals surface area contributed by atoms with E-state index in [0.29, 0.717) is 30.0 Å². The molecule has 2 aromatic carbocycles. The third-order valence-corrected chi connectivity index (χ3v) is 14.6. The van der Waals surface area contributed by atoms with E-state index in [1.807, 2.05) is 22.9 Å². The first-order valence-corrected chi connectivity index (χ1v) is 30.1. The molecule has 38 nitrogen and oxygen atoms in total. The van der Waals surface area contributed by atoms with Crippen molar-refractivity contribution in [1.29, 1.82) is 0 Å². The van der Waals surface area contributed by atoms with Crippen LogP contribution in [0.4, 0.5) is 11.9 Å². The molecule has 0 aliphatic carbocycles. The highest BCUT2D eigenvalue weighted by molar-refractivity contribution is 6.06. The molecule has 0 saturated heterocycles. The number of benzene rings is 2. The number of amides is 9. The van der Waals surface area contributed by atoms with Gasteiger partial charge >= 0.3 is 29.8 Å². The van der Waals surface area contributed by atoms with Crippen molar-refractivity contribution >= 4 is 117 Å². The molecule has 4 aromatic heterocycles. The largest absolute Gasteiger partial charge is 0.494 e. The molecule has 0 bridgehead atoms. The number of carboxylic acids is 5. The van der Waals surface area contributed by atoms with Gasteiger partial charge < -0.3 is 82.2 Å². The number of nitrogens with one attached hydrogen (secondary N) is 7. The van der Waals surface area contributed by atoms with Crippen molar-refractivity contribution < 1.29 is 102 Å². The lowest BCUT2D eigenvalue weighted by atomic mass is 10.0. The number of hydrogen-bond acceptors (Lipinski definition) is 20. The predicted octanol–water partition coefficient (Wildman–Crippen LogP) is -0.373. The van der Waals surface area contributed by atoms with Crippen molar-refractivity contribution in [3.63, 3.8) is 0 Å². The number of carboxylic acid groups (broad SMARTS) is 5. The van der Waals surface area contributed by atoms with Gasteiger partial charge in [-0.05, 0) is 76.9 Å². The lowest BCUT2D eigenvalue weighted by molar-refractivity contribution is -0.145. The SMILES string of the molecule is CCn1nc(C)cc1C(=O)Nc1nc2cc(C(N)=O)cc(OC)c2n1C/C=C/Cn1c(NC(=O)c2cc(C)nn2CC)nc2cc(C(N)=O)cc(OCCCNC(=O)[C@H](CC(=O)O)NC(=O)[C@H](CC(=O)O)NC(=O)[C@H](CC(=O)O)NC(=O)[C@H](CC(=O)O)NC(=O)[C@@H](C)CCC(=O)O)c21. The highest BCUT2D eigenvalue weighted by Gasteiger charge is 2.36. The second-order valence-corrected chi connectivity index (χ2v) is 22.0. The Kier molecular flexibility index (Phi) is 25.7. The van der Waals surface area contributed by atoms with Gasteiger partial charge in [0.15, 0.2) is 0 Å². The number of hydrogen-bond donors (Lipinski definition) is 14. The quantitative estimate of drug-likeness (QED) is 0.0174. The average molecular weight is 1370 g/mol. The second-order valence-electron chi connectivity index (χ2n) is 22.0. The number of allylic oxidation sites excluding steroid dienone is 2. The van der Waals surface area contributed by atoms with Gasteiger partial charge in [-0.15, -0.1) is 0 Å². The van der Waals surface area contributed by atoms with E-state index in [0.717, 1.165) is 0 Å². The Balaban J connectivity index is 1.24. The minimum Gasteiger partial charge on any atom is -0.494 e. The fraction of sp³-hybridized carbons (Fsp3) is 0.400. The van der Waals surface area contributed by atoms with Crippen molar-refractivity contribution in [3.8, 4) is 11.5 Å². The number of aryl methyl sites for hydroxylation is 4. The van der Waals surface area contributed by atoms with E-state index in [9.17, 15) is 87.5 Å². The smallest absolute Gasteiger partial charge is 0.305 e. The van der Waals surface area contributed by atoms with E-state index in [1.165, 1.54) is 52.2 Å². The number of nitrogens with two attached hydrogens (primary N) is 2. The summed E-state index contributed by atoms with van der Waals surface area (Å²) in [5, 5.41) is 72.3. The topological polar surface area (TPSA) is 566 Å². The van der Waals surface area contributed by atoms with Crippen LogP contribution in [-0.4, -0.2) is 192 Å². The number of anilines is 2. The maximum Gasteiger partial charge on any atom is 0.305 e. The first-order chi connectivity index (χ1) is 46.3. The Morgan fingerprint density at radius 3 is 1.31 bits per heavy atom. The van der Waals surface area contributed by atoms with Crippen molar-refractivity contribution in [2.75, 3.05) is 30.9 Å². The Bertz CT molecular complexity index is 4150. The molecule has 0 spiro atoms. The molecule has 98 heavy (non-hydrogen) atoms. The zero-order valence-corrected chi connectivity index (χ0v) is 53.7. The molecule has 0 aliphatic rings. The van der Waals surface area contributed by atoms with Crippen LogP contribution in [0.1, 0.15) is 119 Å². The maximum atomic E-state index is 14.0. The number of aromatic nitrogens is 8. The number of carbonyl (C=O) groups excluding carboxylic acids is 9. The van der Waals surface area contributed by atoms with Crippen LogP contribution in [0.2, 0.25) is 0 Å². The number of nitrogens with zero attached hydrogens (tertiary/aromatic N) is 8. The first-order valence-electron chi connectivity index (χ1n) is 30.1. The standard InChI is InChI=1S/C60H73N17O21/c1-7-76-39(18-29(4)72-76)57(95)70-59-68-33-20-31(50(61)88)22-41(97-6)48(33)74(59)15-9-10-16-75-49-34(69-60(75)71-58(96)40-19-30(5)73-77(40)8-2)21-32(51(62)89)23-42(49)98-17-11-14-63-53(91)35(24-44(80)81)65-55(93)37(26-46(84)85)67-56(94)38(27-47(86)87)66-54(92)36(25-45(82)83)64-52(90)28(3)12-13-43(78)79/h9-10,18-23,28,35-38H,7-8,11-17,24-27H2,1-6H3,(H2,61,88)(H2,62,89)(H,63,91)(H,64,90)(H,65,93)(H,66,92)(H,67,94)(H,78,79)(H,80,81)(H,82,83)(H,84,85)(H,86,87)(H,68,70,95)(H,69,71,96)/b10-9+/t28-,35-,36-,37-,38-/m0/s1. The molecule has 524 valence electrons. The Morgan fingerprint density at radius 1 is 0.541 bits per heavy atom. The molecule has 0 aliphatic heterocycles. The first kappa shape index (κ1) is 74.8. The average Bonchev–Trinajstić information content (AvgIpc) is 1.61. The van der Waals surface area contributed by atoms with Crippen molar-refractivity contribution in [3.05, 3.63) is 82.5 Å². The van der Waals surface area contributed by atoms with E-state index in [1.54, 1.807) is 49.6 Å². The minimum atomic E-state index is -2.20. The van der Waals surface area contributed by atoms with Gasteiger partial charge in [-0.2, -0.15) is 10.2 Å². The Morgan fingerprint density at radius 2 is 0.929 bits per heavy atom. The van der Waals surface area contributed by atoms with Crippen LogP contribution in [0.5, 0.6) is 11.5 Å². The van der Waals surface area contributed by atoms with Gasteiger partial charge in [0.2, 0.25) is 53.2 Å². The van der Waals surface area contributed by atoms with Crippen LogP contribution in [0.15, 0.2) is 48.6 Å². The molecule has 38 heteroatoms. The van der Waals surface area contributed by atoms with Gasteiger partial charge in [-0.3, -0.25) is 87.1 Å². The summed E-state index contributed by atoms with van der Waals surface area (Å²) >= 11 is 0. The fourth-order valence-electron chi connectivity index (χ4n) is 9.91. The van der Waals surface area contributed by atoms with Crippen LogP contribution in [0.3, 0.4) is 0 Å². The van der Waals surface area contributed by atoms with E-state index < -0.39 is 145 Å². The van der Waals surface area contributed by atoms with E-state index >= 15 is 0 Å². The molecule has 0 unspecified atom stereocenters. The van der Waals surface area contributed by atoms with Crippen molar-refractivity contribution in [2.45, 2.75) is 130 Å². The molecular weight excluding hydrogens is 1290 g/mol. The van der Waals surface area contributed by atoms with Crippen LogP contribution < -0.4 is 58.2 Å². The molecule has 0 fully saturated rings. The normalized spacial score (nSPS) is 12.7. The van der Waals surface area contributed by atoms with Gasteiger partial charge in [0.05, 0.1) is 61.8 Å². The van der Waals surface area contributed by atoms with Gasteiger partial charge in [0, 0.05) is 56.2 Å². The molecule has 0 saturated carbocycles. The summed E-state index contributed by atoms with van der Waals surface area (Å²) in [7, 11) is 1.37. The monoisotopic (exact) mass is 1370 g/mol. The van der Waals surface area contributed by atoms with Gasteiger partial charge in [0.25, 0.3) is 11.8 Å². The third-order valence-electron chi connectivity index (χ3n) is 14.6. The fourth-order valence-corrected chi connectivity index (χ4v) is 9.91. The second kappa shape index (κ2) is 33.7. The zero-order chi connectivity index (χ0) is 72.4. The van der Waals surface area contributed by atoms with E-state index in [4.69, 9.17) is 26.0 Å². The molecule has 16 N–H and O–H groups in total. The van der Waals surface area contributed by atoms with E-state index in [-0.39, 0.29) is 102 Å². The van der Waals surface area contributed by atoms with Crippen molar-refractivity contribution in [2.24, 2.45) is 17.4 Å². The van der Waals surface area contributed by atoms with Crippen LogP contribution in [0.25, 0.3) is 22.1 Å². The molecule has 6 aromatic rings. The molecule has 4 heterocycles. The maximum absolute atomic E-state index is 14.0. The van der Waals surface area contributed by atoms with Crippen LogP contribution in [-0.2, 0) is 74.1 Å². The number of fused-ring (bicyclic) bond motifs is 2. The van der Waals surface area contributed by atoms with Crippen molar-refractivity contribution in [1.82, 2.24) is 65.2 Å². The lowest BCUT2D eigenvalue weighted by Crippen LogP contribution is -2.59. The summed E-state index contributed by atoms with van der Waals surface area (Å²) in [6.07, 6.45) is -2.26. The summed E-state index contributed by atoms with van der Waals surface area (Å²) in [4.78, 5) is 188. The number of rotatable bonds is 38. The highest BCUT2D eigenvalue weighted by Crippen LogP contribution is 2.33. The van der Waals surface area contributed by atoms with Gasteiger partial charge in [-0.25, -0.2) is 9.97 Å². The van der Waals surface area contributed by atoms with Crippen LogP contribution >= 0.6 is 0 Å². The summed E-state index contributed by atoms with van der Waals surface area (Å²) in [5.41, 5.74) is 13.8. The van der Waals surface area contributed by atoms with Gasteiger partial charge in [0.1, 0.15) is 58.1 Å². The Labute approximate surface area is 554 Å². The van der Waals surface area contributed by atoms with Crippen LogP contribution in [0, 0.1) is 19.8 Å². The van der Waals surface area contributed by atoms with Gasteiger partial charge in [-0.1, -0.05) is 19.1 Å². The number of carbonyl (C=O) groups is 14. The molecule has 9 amide bonds. The number of primary amides is 2. The minimum absolute atomic E-state index is 0.0217. The Hall–Kier alpha value is -12.3. The summed E-state index contributed by atoms with van der Waals surface area (Å²) < 4.78 is 18.0. The summed E-state index contributed by atoms with van der Waals surface area (Å²) in [5.74, 6) is -18.5.